The number of aromatic nitrogens is 1. The Kier molecular flexibility index (Phi) is 2.33. The van der Waals surface area contributed by atoms with Crippen molar-refractivity contribution >= 4 is 27.9 Å². The fourth-order valence-corrected chi connectivity index (χ4v) is 3.66. The van der Waals surface area contributed by atoms with Crippen molar-refractivity contribution in [1.29, 1.82) is 0 Å². The molecular formula is C21H15N. The Hall–Kier alpha value is -2.80. The SMILES string of the molecule is C1=Cc2ccc3c4ccccc4n(-c4ccccc4)c3c2C1. The molecule has 1 aliphatic carbocycles. The highest BCUT2D eigenvalue weighted by molar-refractivity contribution is 6.11. The molecule has 1 aromatic heterocycles. The molecular weight excluding hydrogens is 266 g/mol. The normalized spacial score (nSPS) is 13.1. The molecule has 1 aliphatic rings. The molecule has 0 radical (unpaired) electrons. The summed E-state index contributed by atoms with van der Waals surface area (Å²) < 4.78 is 2.41. The molecule has 104 valence electrons. The first kappa shape index (κ1) is 11.8. The van der Waals surface area contributed by atoms with Crippen LogP contribution in [0.15, 0.2) is 72.8 Å². The molecule has 0 unspecified atom stereocenters. The molecule has 0 atom stereocenters. The zero-order chi connectivity index (χ0) is 14.5. The molecule has 0 aliphatic heterocycles. The number of allylic oxidation sites excluding steroid dienone is 1. The monoisotopic (exact) mass is 281 g/mol. The maximum Gasteiger partial charge on any atom is 0.0582 e. The molecule has 1 nitrogen and oxygen atoms in total. The predicted octanol–water partition coefficient (Wildman–Crippen LogP) is 5.35. The van der Waals surface area contributed by atoms with Crippen LogP contribution in [0.5, 0.6) is 0 Å². The summed E-state index contributed by atoms with van der Waals surface area (Å²) in [5.41, 5.74) is 6.66. The lowest BCUT2D eigenvalue weighted by atomic mass is 10.0. The van der Waals surface area contributed by atoms with Crippen LogP contribution in [0.4, 0.5) is 0 Å². The van der Waals surface area contributed by atoms with E-state index < -0.39 is 0 Å². The van der Waals surface area contributed by atoms with Crippen molar-refractivity contribution in [2.75, 3.05) is 0 Å². The van der Waals surface area contributed by atoms with E-state index in [0.29, 0.717) is 0 Å². The Morgan fingerprint density at radius 2 is 1.55 bits per heavy atom. The Morgan fingerprint density at radius 3 is 2.45 bits per heavy atom. The lowest BCUT2D eigenvalue weighted by Crippen LogP contribution is -1.96. The predicted molar refractivity (Wildman–Crippen MR) is 93.5 cm³/mol. The third-order valence-corrected chi connectivity index (χ3v) is 4.61. The average Bonchev–Trinajstić information content (AvgIpc) is 3.17. The highest BCUT2D eigenvalue weighted by atomic mass is 15.0. The maximum absolute atomic E-state index is 2.41. The van der Waals surface area contributed by atoms with Crippen LogP contribution >= 0.6 is 0 Å². The van der Waals surface area contributed by atoms with E-state index in [9.17, 15) is 0 Å². The van der Waals surface area contributed by atoms with Crippen molar-refractivity contribution in [3.8, 4) is 5.69 Å². The number of nitrogens with zero attached hydrogens (tertiary/aromatic N) is 1. The summed E-state index contributed by atoms with van der Waals surface area (Å²) in [6.07, 6.45) is 5.52. The van der Waals surface area contributed by atoms with Crippen molar-refractivity contribution in [3.05, 3.63) is 83.9 Å². The van der Waals surface area contributed by atoms with Crippen LogP contribution in [0.1, 0.15) is 11.1 Å². The van der Waals surface area contributed by atoms with Gasteiger partial charge < -0.3 is 4.57 Å². The van der Waals surface area contributed by atoms with Gasteiger partial charge in [-0.1, -0.05) is 60.7 Å². The van der Waals surface area contributed by atoms with Gasteiger partial charge in [0.15, 0.2) is 0 Å². The number of hydrogen-bond acceptors (Lipinski definition) is 0. The summed E-state index contributed by atoms with van der Waals surface area (Å²) in [7, 11) is 0. The van der Waals surface area contributed by atoms with E-state index in [4.69, 9.17) is 0 Å². The van der Waals surface area contributed by atoms with Gasteiger partial charge in [-0.05, 0) is 35.7 Å². The standard InChI is InChI=1S/C21H15N/c1-2-8-16(9-3-1)22-20-12-5-4-10-18(20)19-14-13-15-7-6-11-17(15)21(19)22/h1-10,12-14H,11H2. The van der Waals surface area contributed by atoms with Crippen molar-refractivity contribution in [2.45, 2.75) is 6.42 Å². The number of hydrogen-bond donors (Lipinski definition) is 0. The van der Waals surface area contributed by atoms with Gasteiger partial charge >= 0.3 is 0 Å². The van der Waals surface area contributed by atoms with E-state index in [1.54, 1.807) is 0 Å². The molecule has 0 N–H and O–H groups in total. The minimum Gasteiger partial charge on any atom is -0.309 e. The van der Waals surface area contributed by atoms with Crippen LogP contribution in [-0.4, -0.2) is 4.57 Å². The van der Waals surface area contributed by atoms with Crippen LogP contribution in [0.25, 0.3) is 33.6 Å². The van der Waals surface area contributed by atoms with E-state index in [1.165, 1.54) is 38.6 Å². The topological polar surface area (TPSA) is 4.93 Å². The summed E-state index contributed by atoms with van der Waals surface area (Å²) in [6, 6.07) is 23.9. The number of fused-ring (bicyclic) bond motifs is 5. The summed E-state index contributed by atoms with van der Waals surface area (Å²) in [4.78, 5) is 0. The van der Waals surface area contributed by atoms with Crippen molar-refractivity contribution in [2.24, 2.45) is 0 Å². The summed E-state index contributed by atoms with van der Waals surface area (Å²) >= 11 is 0. The zero-order valence-electron chi connectivity index (χ0n) is 12.2. The van der Waals surface area contributed by atoms with Crippen LogP contribution in [0.3, 0.4) is 0 Å². The fraction of sp³-hybridized carbons (Fsp3) is 0.0476. The zero-order valence-corrected chi connectivity index (χ0v) is 12.2. The lowest BCUT2D eigenvalue weighted by molar-refractivity contribution is 1.15. The first-order valence-electron chi connectivity index (χ1n) is 7.70. The van der Waals surface area contributed by atoms with Gasteiger partial charge in [-0.2, -0.15) is 0 Å². The largest absolute Gasteiger partial charge is 0.309 e. The highest BCUT2D eigenvalue weighted by Gasteiger charge is 2.18. The Bertz CT molecular complexity index is 1040. The van der Waals surface area contributed by atoms with Gasteiger partial charge in [0.1, 0.15) is 0 Å². The molecule has 22 heavy (non-hydrogen) atoms. The van der Waals surface area contributed by atoms with Gasteiger partial charge in [0.25, 0.3) is 0 Å². The maximum atomic E-state index is 2.41. The van der Waals surface area contributed by atoms with E-state index in [2.05, 4.69) is 83.4 Å². The van der Waals surface area contributed by atoms with E-state index in [-0.39, 0.29) is 0 Å². The smallest absolute Gasteiger partial charge is 0.0582 e. The van der Waals surface area contributed by atoms with Gasteiger partial charge in [0.05, 0.1) is 11.0 Å². The average molecular weight is 281 g/mol. The molecule has 0 saturated heterocycles. The molecule has 3 aromatic carbocycles. The molecule has 0 spiro atoms. The molecule has 0 amide bonds. The molecule has 5 rings (SSSR count). The quantitative estimate of drug-likeness (QED) is 0.443. The van der Waals surface area contributed by atoms with Crippen LogP contribution in [0.2, 0.25) is 0 Å². The fourth-order valence-electron chi connectivity index (χ4n) is 3.66. The molecule has 1 heteroatoms. The van der Waals surface area contributed by atoms with Crippen LogP contribution in [0, 0.1) is 0 Å². The Morgan fingerprint density at radius 1 is 0.727 bits per heavy atom. The number of benzene rings is 3. The second-order valence-corrected chi connectivity index (χ2v) is 5.82. The Labute approximate surface area is 129 Å². The van der Waals surface area contributed by atoms with Crippen molar-refractivity contribution < 1.29 is 0 Å². The van der Waals surface area contributed by atoms with Gasteiger partial charge in [-0.25, -0.2) is 0 Å². The van der Waals surface area contributed by atoms with E-state index in [0.717, 1.165) is 6.42 Å². The molecule has 0 bridgehead atoms. The summed E-state index contributed by atoms with van der Waals surface area (Å²) in [6.45, 7) is 0. The lowest BCUT2D eigenvalue weighted by Gasteiger charge is -2.10. The van der Waals surface area contributed by atoms with Gasteiger partial charge in [0, 0.05) is 16.5 Å². The van der Waals surface area contributed by atoms with E-state index in [1.807, 2.05) is 0 Å². The first-order chi connectivity index (χ1) is 10.9. The van der Waals surface area contributed by atoms with Gasteiger partial charge in [-0.3, -0.25) is 0 Å². The van der Waals surface area contributed by atoms with Crippen LogP contribution < -0.4 is 0 Å². The van der Waals surface area contributed by atoms with Crippen LogP contribution in [-0.2, 0) is 6.42 Å². The second-order valence-electron chi connectivity index (χ2n) is 5.82. The number of para-hydroxylation sites is 2. The minimum atomic E-state index is 1.02. The van der Waals surface area contributed by atoms with Crippen molar-refractivity contribution in [1.82, 2.24) is 4.57 Å². The minimum absolute atomic E-state index is 1.02. The van der Waals surface area contributed by atoms with Gasteiger partial charge in [0.2, 0.25) is 0 Å². The molecule has 0 saturated carbocycles. The summed E-state index contributed by atoms with van der Waals surface area (Å²) in [5, 5.41) is 2.68. The highest BCUT2D eigenvalue weighted by Crippen LogP contribution is 2.37. The summed E-state index contributed by atoms with van der Waals surface area (Å²) in [5.74, 6) is 0. The number of rotatable bonds is 1. The molecule has 0 fully saturated rings. The van der Waals surface area contributed by atoms with Crippen molar-refractivity contribution in [3.63, 3.8) is 0 Å². The third kappa shape index (κ3) is 1.48. The molecule has 4 aromatic rings. The molecule has 1 heterocycles. The third-order valence-electron chi connectivity index (χ3n) is 4.61. The van der Waals surface area contributed by atoms with Gasteiger partial charge in [-0.15, -0.1) is 0 Å². The Balaban J connectivity index is 2.03. The van der Waals surface area contributed by atoms with E-state index >= 15 is 0 Å². The first-order valence-corrected chi connectivity index (χ1v) is 7.70. The second kappa shape index (κ2) is 4.35.